The number of carbonyl (C=O) groups excluding carboxylic acids is 1. The van der Waals surface area contributed by atoms with Crippen LogP contribution in [0.2, 0.25) is 0 Å². The third kappa shape index (κ3) is 3.66. The van der Waals surface area contributed by atoms with Gasteiger partial charge in [0.25, 0.3) is 5.88 Å². The Hall–Kier alpha value is -2.97. The zero-order chi connectivity index (χ0) is 18.5. The molecule has 3 N–H and O–H groups in total. The van der Waals surface area contributed by atoms with Crippen LogP contribution in [0.25, 0.3) is 5.52 Å². The van der Waals surface area contributed by atoms with E-state index in [0.717, 1.165) is 5.52 Å². The van der Waals surface area contributed by atoms with Gasteiger partial charge < -0.3 is 20.3 Å². The lowest BCUT2D eigenvalue weighted by atomic mass is 10.0. The Bertz CT molecular complexity index is 911. The molecule has 0 radical (unpaired) electrons. The Morgan fingerprint density at radius 1 is 1.27 bits per heavy atom. The summed E-state index contributed by atoms with van der Waals surface area (Å²) in [5.41, 5.74) is 2.87. The smallest absolute Gasteiger partial charge is 0.260 e. The second-order valence-electron chi connectivity index (χ2n) is 5.65. The summed E-state index contributed by atoms with van der Waals surface area (Å²) in [6.07, 6.45) is 4.92. The number of pyridine rings is 1. The van der Waals surface area contributed by atoms with Gasteiger partial charge in [0.2, 0.25) is 0 Å². The fraction of sp³-hybridized carbons (Fsp3) is 0.278. The van der Waals surface area contributed by atoms with E-state index in [-0.39, 0.29) is 25.6 Å². The minimum Gasteiger partial charge on any atom is -0.473 e. The van der Waals surface area contributed by atoms with Crippen LogP contribution in [0.3, 0.4) is 0 Å². The monoisotopic (exact) mass is 356 g/mol. The second-order valence-corrected chi connectivity index (χ2v) is 5.65. The number of allylic oxidation sites excluding steroid dienone is 3. The van der Waals surface area contributed by atoms with Crippen molar-refractivity contribution < 1.29 is 19.7 Å². The molecule has 2 aromatic rings. The number of fused-ring (bicyclic) bond motifs is 1. The van der Waals surface area contributed by atoms with Gasteiger partial charge in [-0.1, -0.05) is 6.07 Å². The van der Waals surface area contributed by atoms with Gasteiger partial charge in [-0.3, -0.25) is 4.79 Å². The summed E-state index contributed by atoms with van der Waals surface area (Å²) in [4.78, 5) is 16.6. The van der Waals surface area contributed by atoms with Crippen molar-refractivity contribution in [2.45, 2.75) is 6.92 Å². The van der Waals surface area contributed by atoms with E-state index < -0.39 is 0 Å². The third-order valence-corrected chi connectivity index (χ3v) is 3.77. The van der Waals surface area contributed by atoms with Crippen LogP contribution in [0.4, 0.5) is 5.69 Å². The summed E-state index contributed by atoms with van der Waals surface area (Å²) in [6.45, 7) is 1.91. The number of hydrogen-bond donors (Lipinski definition) is 3. The number of rotatable bonds is 7. The summed E-state index contributed by atoms with van der Waals surface area (Å²) >= 11 is 0. The van der Waals surface area contributed by atoms with Crippen LogP contribution in [-0.2, 0) is 4.79 Å². The molecular weight excluding hydrogens is 336 g/mol. The first kappa shape index (κ1) is 17.8. The molecule has 0 saturated carbocycles. The van der Waals surface area contributed by atoms with Crippen LogP contribution in [0, 0.1) is 0 Å². The van der Waals surface area contributed by atoms with Gasteiger partial charge >= 0.3 is 0 Å². The van der Waals surface area contributed by atoms with Crippen molar-refractivity contribution >= 4 is 22.7 Å². The van der Waals surface area contributed by atoms with Gasteiger partial charge in [-0.2, -0.15) is 0 Å². The number of hydrogen-bond acceptors (Lipinski definition) is 7. The molecular formula is C18H20N4O4. The average molecular weight is 356 g/mol. The molecule has 8 nitrogen and oxygen atoms in total. The van der Waals surface area contributed by atoms with Crippen molar-refractivity contribution in [2.75, 3.05) is 26.4 Å². The molecule has 0 amide bonds. The van der Waals surface area contributed by atoms with Gasteiger partial charge in [0.15, 0.2) is 11.5 Å². The molecule has 0 fully saturated rings. The Labute approximate surface area is 150 Å². The maximum absolute atomic E-state index is 12.0. The number of aliphatic hydroxyl groups excluding tert-OH is 2. The van der Waals surface area contributed by atoms with E-state index in [4.69, 9.17) is 14.9 Å². The zero-order valence-corrected chi connectivity index (χ0v) is 14.3. The van der Waals surface area contributed by atoms with Crippen molar-refractivity contribution in [2.24, 2.45) is 4.99 Å². The van der Waals surface area contributed by atoms with Gasteiger partial charge in [0.05, 0.1) is 30.1 Å². The molecule has 136 valence electrons. The molecule has 0 aliphatic heterocycles. The van der Waals surface area contributed by atoms with Gasteiger partial charge in [-0.05, 0) is 30.7 Å². The van der Waals surface area contributed by atoms with Gasteiger partial charge in [-0.15, -0.1) is 5.10 Å². The summed E-state index contributed by atoms with van der Waals surface area (Å²) < 4.78 is 7.16. The van der Waals surface area contributed by atoms with Gasteiger partial charge in [-0.25, -0.2) is 9.51 Å². The van der Waals surface area contributed by atoms with E-state index in [0.29, 0.717) is 35.1 Å². The van der Waals surface area contributed by atoms with E-state index in [1.165, 1.54) is 6.08 Å². The van der Waals surface area contributed by atoms with E-state index in [1.54, 1.807) is 23.7 Å². The normalized spacial score (nSPS) is 16.0. The molecule has 0 saturated heterocycles. The number of carbonyl (C=O) groups is 1. The predicted molar refractivity (Wildman–Crippen MR) is 96.8 cm³/mol. The maximum Gasteiger partial charge on any atom is 0.260 e. The SMILES string of the molecule is CC1=C/C(=N\c2c(OCCO)nn3ccccc23)C(NCCO)=CC1=O. The van der Waals surface area contributed by atoms with Crippen LogP contribution < -0.4 is 10.1 Å². The molecule has 3 rings (SSSR count). The lowest BCUT2D eigenvalue weighted by Crippen LogP contribution is -2.26. The Balaban J connectivity index is 2.09. The quantitative estimate of drug-likeness (QED) is 0.633. The summed E-state index contributed by atoms with van der Waals surface area (Å²) in [7, 11) is 0. The number of nitrogens with one attached hydrogen (secondary N) is 1. The fourth-order valence-electron chi connectivity index (χ4n) is 2.53. The van der Waals surface area contributed by atoms with E-state index in [1.807, 2.05) is 18.2 Å². The number of ketones is 1. The molecule has 2 heterocycles. The molecule has 1 aliphatic carbocycles. The predicted octanol–water partition coefficient (Wildman–Crippen LogP) is 0.773. The van der Waals surface area contributed by atoms with E-state index in [9.17, 15) is 4.79 Å². The van der Waals surface area contributed by atoms with Crippen molar-refractivity contribution in [1.82, 2.24) is 14.9 Å². The van der Waals surface area contributed by atoms with Gasteiger partial charge in [0, 0.05) is 18.8 Å². The molecule has 1 aliphatic rings. The molecule has 2 aromatic heterocycles. The number of aliphatic imine (C=N–C) groups is 1. The molecule has 0 unspecified atom stereocenters. The lowest BCUT2D eigenvalue weighted by molar-refractivity contribution is -0.111. The van der Waals surface area contributed by atoms with Gasteiger partial charge in [0.1, 0.15) is 6.61 Å². The lowest BCUT2D eigenvalue weighted by Gasteiger charge is -2.15. The molecule has 8 heteroatoms. The summed E-state index contributed by atoms with van der Waals surface area (Å²) in [5, 5.41) is 25.4. The van der Waals surface area contributed by atoms with Crippen LogP contribution in [0.1, 0.15) is 6.92 Å². The van der Waals surface area contributed by atoms with Crippen LogP contribution in [0.5, 0.6) is 5.88 Å². The Morgan fingerprint density at radius 3 is 2.88 bits per heavy atom. The number of nitrogens with zero attached hydrogens (tertiary/aromatic N) is 3. The average Bonchev–Trinajstić information content (AvgIpc) is 2.99. The zero-order valence-electron chi connectivity index (χ0n) is 14.3. The fourth-order valence-corrected chi connectivity index (χ4v) is 2.53. The first-order valence-electron chi connectivity index (χ1n) is 8.23. The van der Waals surface area contributed by atoms with Crippen molar-refractivity contribution in [3.8, 4) is 5.88 Å². The number of ether oxygens (including phenoxy) is 1. The van der Waals surface area contributed by atoms with Crippen LogP contribution >= 0.6 is 0 Å². The highest BCUT2D eigenvalue weighted by molar-refractivity contribution is 6.22. The molecule has 0 bridgehead atoms. The molecule has 0 atom stereocenters. The minimum absolute atomic E-state index is 0.0664. The number of aromatic nitrogens is 2. The van der Waals surface area contributed by atoms with Crippen molar-refractivity contribution in [1.29, 1.82) is 0 Å². The standard InChI is InChI=1S/C18H20N4O4/c1-12-10-14(13(11-16(12)25)19-5-7-23)20-17-15-4-2-3-6-22(15)21-18(17)26-9-8-24/h2-4,6,10-11,19,23-24H,5,7-9H2,1H3/b20-14+. The topological polar surface area (TPSA) is 108 Å². The van der Waals surface area contributed by atoms with Crippen molar-refractivity contribution in [3.05, 3.63) is 47.8 Å². The van der Waals surface area contributed by atoms with E-state index in [2.05, 4.69) is 15.4 Å². The first-order chi connectivity index (χ1) is 12.6. The Kier molecular flexibility index (Phi) is 5.45. The van der Waals surface area contributed by atoms with E-state index >= 15 is 0 Å². The van der Waals surface area contributed by atoms with Crippen molar-refractivity contribution in [3.63, 3.8) is 0 Å². The molecule has 26 heavy (non-hydrogen) atoms. The van der Waals surface area contributed by atoms with Crippen LogP contribution in [-0.4, -0.2) is 57.7 Å². The highest BCUT2D eigenvalue weighted by Gasteiger charge is 2.19. The molecule has 0 aromatic carbocycles. The maximum atomic E-state index is 12.0. The highest BCUT2D eigenvalue weighted by Crippen LogP contribution is 2.32. The Morgan fingerprint density at radius 2 is 2.12 bits per heavy atom. The summed E-state index contributed by atoms with van der Waals surface area (Å²) in [5.74, 6) is 0.184. The summed E-state index contributed by atoms with van der Waals surface area (Å²) in [6, 6.07) is 5.56. The second kappa shape index (κ2) is 7.94. The minimum atomic E-state index is -0.138. The largest absolute Gasteiger partial charge is 0.473 e. The highest BCUT2D eigenvalue weighted by atomic mass is 16.5. The molecule has 0 spiro atoms. The third-order valence-electron chi connectivity index (χ3n) is 3.77. The first-order valence-corrected chi connectivity index (χ1v) is 8.23. The van der Waals surface area contributed by atoms with Crippen LogP contribution in [0.15, 0.2) is 52.8 Å². The number of aliphatic hydroxyl groups is 2.